The molecule has 1 aromatic heterocycles. The molecule has 3 heteroatoms. The summed E-state index contributed by atoms with van der Waals surface area (Å²) in [6.45, 7) is 0. The number of benzene rings is 7. The van der Waals surface area contributed by atoms with Crippen LogP contribution in [-0.4, -0.2) is 15.0 Å². The third-order valence-corrected chi connectivity index (χ3v) is 8.14. The lowest BCUT2D eigenvalue weighted by Gasteiger charge is -2.13. The van der Waals surface area contributed by atoms with Crippen LogP contribution in [0.4, 0.5) is 0 Å². The van der Waals surface area contributed by atoms with Crippen LogP contribution in [0.5, 0.6) is 0 Å². The van der Waals surface area contributed by atoms with Crippen LogP contribution < -0.4 is 0 Å². The zero-order chi connectivity index (χ0) is 29.3. The van der Waals surface area contributed by atoms with Crippen LogP contribution in [0.15, 0.2) is 164 Å². The summed E-state index contributed by atoms with van der Waals surface area (Å²) in [6.07, 6.45) is 0. The summed E-state index contributed by atoms with van der Waals surface area (Å²) < 4.78 is 0. The minimum atomic E-state index is 0.647. The molecule has 0 saturated carbocycles. The normalized spacial score (nSPS) is 11.2. The molecule has 1 heterocycles. The molecule has 0 aliphatic rings. The zero-order valence-corrected chi connectivity index (χ0v) is 23.9. The topological polar surface area (TPSA) is 38.7 Å². The van der Waals surface area contributed by atoms with E-state index >= 15 is 0 Å². The maximum Gasteiger partial charge on any atom is 0.164 e. The third kappa shape index (κ3) is 4.81. The van der Waals surface area contributed by atoms with E-state index in [9.17, 15) is 0 Å². The predicted molar refractivity (Wildman–Crippen MR) is 182 cm³/mol. The fourth-order valence-electron chi connectivity index (χ4n) is 5.88. The van der Waals surface area contributed by atoms with Crippen molar-refractivity contribution in [3.05, 3.63) is 164 Å². The molecule has 0 N–H and O–H groups in total. The summed E-state index contributed by atoms with van der Waals surface area (Å²) in [4.78, 5) is 15.2. The first kappa shape index (κ1) is 25.8. The Bertz CT molecular complexity index is 2140. The van der Waals surface area contributed by atoms with Crippen molar-refractivity contribution in [2.24, 2.45) is 0 Å². The molecular formula is C41H27N3. The van der Waals surface area contributed by atoms with Crippen molar-refractivity contribution in [3.8, 4) is 56.4 Å². The molecule has 0 unspecified atom stereocenters. The van der Waals surface area contributed by atoms with Gasteiger partial charge in [0.15, 0.2) is 17.5 Å². The van der Waals surface area contributed by atoms with Gasteiger partial charge in [-0.1, -0.05) is 158 Å². The Morgan fingerprint density at radius 3 is 1.20 bits per heavy atom. The average molecular weight is 562 g/mol. The summed E-state index contributed by atoms with van der Waals surface area (Å²) >= 11 is 0. The second kappa shape index (κ2) is 11.0. The maximum absolute atomic E-state index is 5.10. The van der Waals surface area contributed by atoms with Crippen molar-refractivity contribution < 1.29 is 0 Å². The summed E-state index contributed by atoms with van der Waals surface area (Å²) in [5.74, 6) is 1.95. The molecule has 0 atom stereocenters. The van der Waals surface area contributed by atoms with Gasteiger partial charge in [-0.25, -0.2) is 15.0 Å². The van der Waals surface area contributed by atoms with Gasteiger partial charge in [0.2, 0.25) is 0 Å². The standard InChI is InChI=1S/C41H27N3/c1-3-11-28(12-4-1)30-19-23-32(24-20-30)39-42-40(33-25-21-31(22-26-33)29-13-5-2-6-14-29)44-41(43-39)38-27-34-15-7-8-16-35(34)36-17-9-10-18-37(36)38/h1-27H. The molecule has 3 nitrogen and oxygen atoms in total. The van der Waals surface area contributed by atoms with E-state index in [0.717, 1.165) is 38.6 Å². The minimum Gasteiger partial charge on any atom is -0.208 e. The first-order chi connectivity index (χ1) is 21.8. The van der Waals surface area contributed by atoms with E-state index in [2.05, 4.69) is 152 Å². The fourth-order valence-corrected chi connectivity index (χ4v) is 5.88. The zero-order valence-electron chi connectivity index (χ0n) is 23.9. The van der Waals surface area contributed by atoms with Gasteiger partial charge in [0.1, 0.15) is 0 Å². The van der Waals surface area contributed by atoms with Crippen molar-refractivity contribution in [3.63, 3.8) is 0 Å². The van der Waals surface area contributed by atoms with Crippen LogP contribution >= 0.6 is 0 Å². The van der Waals surface area contributed by atoms with Crippen LogP contribution in [0.3, 0.4) is 0 Å². The van der Waals surface area contributed by atoms with E-state index in [1.807, 2.05) is 12.1 Å². The molecule has 44 heavy (non-hydrogen) atoms. The Labute approximate surface area is 256 Å². The SMILES string of the molecule is c1ccc(-c2ccc(-c3nc(-c4ccc(-c5ccccc5)cc4)nc(-c4cc5ccccc5c5ccccc45)n3)cc2)cc1. The molecule has 0 saturated heterocycles. The Balaban J connectivity index is 1.30. The largest absolute Gasteiger partial charge is 0.208 e. The summed E-state index contributed by atoms with van der Waals surface area (Å²) in [5.41, 5.74) is 7.54. The Hall–Kier alpha value is -5.93. The molecule has 206 valence electrons. The number of nitrogens with zero attached hydrogens (tertiary/aromatic N) is 3. The van der Waals surface area contributed by atoms with E-state index in [4.69, 9.17) is 15.0 Å². The molecule has 0 aliphatic heterocycles. The second-order valence-corrected chi connectivity index (χ2v) is 10.9. The van der Waals surface area contributed by atoms with Gasteiger partial charge in [-0.3, -0.25) is 0 Å². The summed E-state index contributed by atoms with van der Waals surface area (Å²) in [6, 6.07) is 56.9. The lowest BCUT2D eigenvalue weighted by molar-refractivity contribution is 1.08. The summed E-state index contributed by atoms with van der Waals surface area (Å²) in [5, 5.41) is 4.68. The maximum atomic E-state index is 5.10. The molecule has 0 bridgehead atoms. The smallest absolute Gasteiger partial charge is 0.164 e. The highest BCUT2D eigenvalue weighted by Gasteiger charge is 2.16. The number of aromatic nitrogens is 3. The van der Waals surface area contributed by atoms with Gasteiger partial charge in [-0.05, 0) is 49.9 Å². The van der Waals surface area contributed by atoms with Gasteiger partial charge in [-0.2, -0.15) is 0 Å². The molecule has 0 aliphatic carbocycles. The molecule has 0 spiro atoms. The van der Waals surface area contributed by atoms with Crippen LogP contribution in [-0.2, 0) is 0 Å². The highest BCUT2D eigenvalue weighted by molar-refractivity contribution is 6.13. The van der Waals surface area contributed by atoms with Gasteiger partial charge < -0.3 is 0 Å². The number of fused-ring (bicyclic) bond motifs is 3. The van der Waals surface area contributed by atoms with Crippen LogP contribution in [0.2, 0.25) is 0 Å². The van der Waals surface area contributed by atoms with Gasteiger partial charge in [0, 0.05) is 16.7 Å². The summed E-state index contributed by atoms with van der Waals surface area (Å²) in [7, 11) is 0. The highest BCUT2D eigenvalue weighted by atomic mass is 15.0. The van der Waals surface area contributed by atoms with Gasteiger partial charge in [-0.15, -0.1) is 0 Å². The van der Waals surface area contributed by atoms with E-state index in [1.165, 1.54) is 21.9 Å². The van der Waals surface area contributed by atoms with E-state index < -0.39 is 0 Å². The predicted octanol–water partition coefficient (Wildman–Crippen LogP) is 10.5. The van der Waals surface area contributed by atoms with Crippen LogP contribution in [0, 0.1) is 0 Å². The molecular weight excluding hydrogens is 534 g/mol. The van der Waals surface area contributed by atoms with E-state index in [1.54, 1.807) is 0 Å². The molecule has 0 amide bonds. The van der Waals surface area contributed by atoms with Crippen molar-refractivity contribution in [1.29, 1.82) is 0 Å². The van der Waals surface area contributed by atoms with Gasteiger partial charge >= 0.3 is 0 Å². The first-order valence-corrected chi connectivity index (χ1v) is 14.8. The monoisotopic (exact) mass is 561 g/mol. The van der Waals surface area contributed by atoms with Crippen LogP contribution in [0.1, 0.15) is 0 Å². The average Bonchev–Trinajstić information content (AvgIpc) is 3.12. The van der Waals surface area contributed by atoms with Crippen LogP contribution in [0.25, 0.3) is 78.0 Å². The lowest BCUT2D eigenvalue weighted by atomic mass is 9.96. The Morgan fingerprint density at radius 2 is 0.659 bits per heavy atom. The number of rotatable bonds is 5. The quantitative estimate of drug-likeness (QED) is 0.196. The third-order valence-electron chi connectivity index (χ3n) is 8.14. The first-order valence-electron chi connectivity index (χ1n) is 14.8. The molecule has 0 fully saturated rings. The highest BCUT2D eigenvalue weighted by Crippen LogP contribution is 2.35. The second-order valence-electron chi connectivity index (χ2n) is 10.9. The molecule has 7 aromatic carbocycles. The van der Waals surface area contributed by atoms with E-state index in [0.29, 0.717) is 17.5 Å². The molecule has 8 rings (SSSR count). The van der Waals surface area contributed by atoms with Gasteiger partial charge in [0.25, 0.3) is 0 Å². The van der Waals surface area contributed by atoms with Crippen molar-refractivity contribution in [2.75, 3.05) is 0 Å². The van der Waals surface area contributed by atoms with Crippen molar-refractivity contribution >= 4 is 21.5 Å². The van der Waals surface area contributed by atoms with Gasteiger partial charge in [0.05, 0.1) is 0 Å². The number of hydrogen-bond donors (Lipinski definition) is 0. The van der Waals surface area contributed by atoms with Crippen molar-refractivity contribution in [2.45, 2.75) is 0 Å². The molecule has 8 aromatic rings. The minimum absolute atomic E-state index is 0.647. The lowest BCUT2D eigenvalue weighted by Crippen LogP contribution is -2.01. The fraction of sp³-hybridized carbons (Fsp3) is 0. The Morgan fingerprint density at radius 1 is 0.273 bits per heavy atom. The van der Waals surface area contributed by atoms with Crippen molar-refractivity contribution in [1.82, 2.24) is 15.0 Å². The Kier molecular flexibility index (Phi) is 6.47. The molecule has 0 radical (unpaired) electrons. The van der Waals surface area contributed by atoms with E-state index in [-0.39, 0.29) is 0 Å². The number of hydrogen-bond acceptors (Lipinski definition) is 3.